The topological polar surface area (TPSA) is 56.2 Å². The van der Waals surface area contributed by atoms with Gasteiger partial charge < -0.3 is 10.1 Å². The third kappa shape index (κ3) is 3.01. The van der Waals surface area contributed by atoms with Crippen LogP contribution in [0.15, 0.2) is 54.6 Å². The predicted octanol–water partition coefficient (Wildman–Crippen LogP) is 3.43. The van der Waals surface area contributed by atoms with E-state index in [-0.39, 0.29) is 5.91 Å². The van der Waals surface area contributed by atoms with Gasteiger partial charge in [-0.1, -0.05) is 35.9 Å². The summed E-state index contributed by atoms with van der Waals surface area (Å²) >= 11 is 0. The zero-order chi connectivity index (χ0) is 17.4. The number of aromatic nitrogens is 2. The van der Waals surface area contributed by atoms with Crippen LogP contribution < -0.4 is 10.1 Å². The fourth-order valence-electron chi connectivity index (χ4n) is 3.01. The van der Waals surface area contributed by atoms with Gasteiger partial charge in [0.15, 0.2) is 6.10 Å². The molecule has 1 aliphatic heterocycles. The van der Waals surface area contributed by atoms with Gasteiger partial charge >= 0.3 is 0 Å². The van der Waals surface area contributed by atoms with Crippen molar-refractivity contribution in [3.63, 3.8) is 0 Å². The highest BCUT2D eigenvalue weighted by molar-refractivity contribution is 5.94. The maximum absolute atomic E-state index is 12.7. The summed E-state index contributed by atoms with van der Waals surface area (Å²) in [6.07, 6.45) is 0.0682. The van der Waals surface area contributed by atoms with Crippen LogP contribution in [-0.2, 0) is 11.2 Å². The molecule has 2 heterocycles. The van der Waals surface area contributed by atoms with Crippen molar-refractivity contribution in [3.05, 3.63) is 71.4 Å². The molecule has 1 atom stereocenters. The number of hydrogen-bond acceptors (Lipinski definition) is 3. The summed E-state index contributed by atoms with van der Waals surface area (Å²) in [7, 11) is 0. The second-order valence-corrected chi connectivity index (χ2v) is 6.33. The van der Waals surface area contributed by atoms with Gasteiger partial charge in [-0.15, -0.1) is 0 Å². The molecule has 2 aromatic carbocycles. The van der Waals surface area contributed by atoms with E-state index in [9.17, 15) is 4.79 Å². The SMILES string of the molecule is Cc1ccc(-n2nc(C)cc2NC(=O)C2Cc3ccccc3O2)cc1. The molecule has 5 heteroatoms. The van der Waals surface area contributed by atoms with Crippen LogP contribution in [0.5, 0.6) is 5.75 Å². The summed E-state index contributed by atoms with van der Waals surface area (Å²) in [5.74, 6) is 1.27. The fraction of sp³-hybridized carbons (Fsp3) is 0.200. The first-order valence-electron chi connectivity index (χ1n) is 8.29. The van der Waals surface area contributed by atoms with Crippen molar-refractivity contribution < 1.29 is 9.53 Å². The first-order valence-corrected chi connectivity index (χ1v) is 8.29. The van der Waals surface area contributed by atoms with E-state index in [1.54, 1.807) is 4.68 Å². The van der Waals surface area contributed by atoms with Crippen LogP contribution in [0.25, 0.3) is 5.69 Å². The lowest BCUT2D eigenvalue weighted by Crippen LogP contribution is -2.32. The molecule has 0 radical (unpaired) electrons. The van der Waals surface area contributed by atoms with E-state index in [2.05, 4.69) is 10.4 Å². The van der Waals surface area contributed by atoms with Crippen LogP contribution in [0.1, 0.15) is 16.8 Å². The maximum atomic E-state index is 12.7. The summed E-state index contributed by atoms with van der Waals surface area (Å²) in [6.45, 7) is 3.94. The molecule has 5 nitrogen and oxygen atoms in total. The Hall–Kier alpha value is -3.08. The third-order valence-electron chi connectivity index (χ3n) is 4.30. The second kappa shape index (κ2) is 6.09. The third-order valence-corrected chi connectivity index (χ3v) is 4.30. The molecule has 1 aromatic heterocycles. The van der Waals surface area contributed by atoms with Crippen molar-refractivity contribution in [2.24, 2.45) is 0 Å². The monoisotopic (exact) mass is 333 g/mol. The van der Waals surface area contributed by atoms with Gasteiger partial charge in [-0.3, -0.25) is 4.79 Å². The molecule has 0 saturated carbocycles. The Morgan fingerprint density at radius 3 is 2.68 bits per heavy atom. The van der Waals surface area contributed by atoms with Crippen molar-refractivity contribution in [2.75, 3.05) is 5.32 Å². The minimum Gasteiger partial charge on any atom is -0.480 e. The number of amides is 1. The Kier molecular flexibility index (Phi) is 3.76. The lowest BCUT2D eigenvalue weighted by molar-refractivity contribution is -0.122. The first kappa shape index (κ1) is 15.4. The number of ether oxygens (including phenoxy) is 1. The lowest BCUT2D eigenvalue weighted by Gasteiger charge is -2.13. The van der Waals surface area contributed by atoms with Gasteiger partial charge in [0.2, 0.25) is 0 Å². The van der Waals surface area contributed by atoms with Crippen molar-refractivity contribution in [1.82, 2.24) is 9.78 Å². The van der Waals surface area contributed by atoms with Gasteiger partial charge in [0.05, 0.1) is 11.4 Å². The van der Waals surface area contributed by atoms with Crippen molar-refractivity contribution in [2.45, 2.75) is 26.4 Å². The Morgan fingerprint density at radius 2 is 1.92 bits per heavy atom. The Balaban J connectivity index is 1.55. The summed E-state index contributed by atoms with van der Waals surface area (Å²) in [5.41, 5.74) is 3.98. The van der Waals surface area contributed by atoms with Crippen LogP contribution in [-0.4, -0.2) is 21.8 Å². The van der Waals surface area contributed by atoms with Crippen molar-refractivity contribution in [3.8, 4) is 11.4 Å². The molecule has 0 bridgehead atoms. The zero-order valence-electron chi connectivity index (χ0n) is 14.2. The number of anilines is 1. The number of hydrogen-bond donors (Lipinski definition) is 1. The largest absolute Gasteiger partial charge is 0.480 e. The molecule has 4 rings (SSSR count). The average molecular weight is 333 g/mol. The minimum absolute atomic E-state index is 0.163. The Bertz CT molecular complexity index is 903. The van der Waals surface area contributed by atoms with E-state index in [1.807, 2.05) is 68.4 Å². The van der Waals surface area contributed by atoms with E-state index in [0.29, 0.717) is 12.2 Å². The number of benzene rings is 2. The van der Waals surface area contributed by atoms with E-state index in [0.717, 1.165) is 22.7 Å². The number of nitrogens with zero attached hydrogens (tertiary/aromatic N) is 2. The van der Waals surface area contributed by atoms with Crippen LogP contribution in [0.2, 0.25) is 0 Å². The molecular weight excluding hydrogens is 314 g/mol. The van der Waals surface area contributed by atoms with Crippen molar-refractivity contribution in [1.29, 1.82) is 0 Å². The highest BCUT2D eigenvalue weighted by Crippen LogP contribution is 2.29. The molecule has 1 N–H and O–H groups in total. The van der Waals surface area contributed by atoms with Crippen LogP contribution in [0, 0.1) is 13.8 Å². The number of aryl methyl sites for hydroxylation is 2. The molecule has 126 valence electrons. The highest BCUT2D eigenvalue weighted by atomic mass is 16.5. The molecule has 1 amide bonds. The quantitative estimate of drug-likeness (QED) is 0.799. The fourth-order valence-corrected chi connectivity index (χ4v) is 3.01. The minimum atomic E-state index is -0.515. The molecule has 0 spiro atoms. The van der Waals surface area contributed by atoms with Gasteiger partial charge in [-0.2, -0.15) is 5.10 Å². The number of nitrogens with one attached hydrogen (secondary N) is 1. The number of rotatable bonds is 3. The predicted molar refractivity (Wildman–Crippen MR) is 96.2 cm³/mol. The summed E-state index contributed by atoms with van der Waals surface area (Å²) in [5, 5.41) is 7.45. The number of fused-ring (bicyclic) bond motifs is 1. The van der Waals surface area contributed by atoms with Gasteiger partial charge in [0.25, 0.3) is 5.91 Å². The van der Waals surface area contributed by atoms with E-state index >= 15 is 0 Å². The molecular formula is C20H19N3O2. The Labute approximate surface area is 146 Å². The van der Waals surface area contributed by atoms with Gasteiger partial charge in [-0.25, -0.2) is 4.68 Å². The van der Waals surface area contributed by atoms with Crippen LogP contribution in [0.3, 0.4) is 0 Å². The lowest BCUT2D eigenvalue weighted by atomic mass is 10.1. The summed E-state index contributed by atoms with van der Waals surface area (Å²) < 4.78 is 7.51. The molecule has 1 aliphatic rings. The molecule has 0 aliphatic carbocycles. The standard InChI is InChI=1S/C20H19N3O2/c1-13-7-9-16(10-8-13)23-19(11-14(2)22-23)21-20(24)18-12-15-5-3-4-6-17(15)25-18/h3-11,18H,12H2,1-2H3,(H,21,24). The second-order valence-electron chi connectivity index (χ2n) is 6.33. The van der Waals surface area contributed by atoms with E-state index < -0.39 is 6.10 Å². The smallest absolute Gasteiger partial charge is 0.266 e. The average Bonchev–Trinajstić information content (AvgIpc) is 3.19. The molecule has 0 fully saturated rings. The number of carbonyl (C=O) groups is 1. The molecule has 3 aromatic rings. The van der Waals surface area contributed by atoms with E-state index in [1.165, 1.54) is 5.56 Å². The highest BCUT2D eigenvalue weighted by Gasteiger charge is 2.29. The van der Waals surface area contributed by atoms with E-state index in [4.69, 9.17) is 4.74 Å². The Morgan fingerprint density at radius 1 is 1.16 bits per heavy atom. The normalized spacial score (nSPS) is 15.5. The number of para-hydroxylation sites is 1. The molecule has 25 heavy (non-hydrogen) atoms. The van der Waals surface area contributed by atoms with Gasteiger partial charge in [0, 0.05) is 12.5 Å². The van der Waals surface area contributed by atoms with Crippen molar-refractivity contribution >= 4 is 11.7 Å². The first-order chi connectivity index (χ1) is 12.1. The molecule has 1 unspecified atom stereocenters. The molecule has 0 saturated heterocycles. The maximum Gasteiger partial charge on any atom is 0.266 e. The zero-order valence-corrected chi connectivity index (χ0v) is 14.2. The summed E-state index contributed by atoms with van der Waals surface area (Å²) in [6, 6.07) is 17.6. The summed E-state index contributed by atoms with van der Waals surface area (Å²) in [4.78, 5) is 12.7. The van der Waals surface area contributed by atoms with Gasteiger partial charge in [-0.05, 0) is 37.6 Å². The van der Waals surface area contributed by atoms with Crippen LogP contribution >= 0.6 is 0 Å². The van der Waals surface area contributed by atoms with Crippen LogP contribution in [0.4, 0.5) is 5.82 Å². The van der Waals surface area contributed by atoms with Gasteiger partial charge in [0.1, 0.15) is 11.6 Å². The number of carbonyl (C=O) groups excluding carboxylic acids is 1.